The number of nitrogens with one attached hydrogen (secondary N) is 1. The molecule has 126 valence electrons. The summed E-state index contributed by atoms with van der Waals surface area (Å²) < 4.78 is 3.43. The maximum absolute atomic E-state index is 12.8. The molecular formula is C19H19N5O. The number of fused-ring (bicyclic) bond motifs is 2. The van der Waals surface area contributed by atoms with Crippen molar-refractivity contribution in [3.63, 3.8) is 0 Å². The molecule has 25 heavy (non-hydrogen) atoms. The minimum Gasteiger partial charge on any atom is -0.340 e. The zero-order valence-corrected chi connectivity index (χ0v) is 14.4. The number of anilines is 2. The standard InChI is InChI=1S/C19H19N5O/c1-4-15-18(22-17-9-12(2)7-8-24(17)19(15)25)21-14-5-6-16-13(10-14)11-20-23(16)3/h5-11,21H,4H2,1-3H3. The van der Waals surface area contributed by atoms with Crippen LogP contribution in [0.3, 0.4) is 0 Å². The van der Waals surface area contributed by atoms with Crippen LogP contribution in [-0.4, -0.2) is 19.2 Å². The third kappa shape index (κ3) is 2.55. The van der Waals surface area contributed by atoms with Gasteiger partial charge in [0.15, 0.2) is 0 Å². The van der Waals surface area contributed by atoms with E-state index in [1.54, 1.807) is 10.6 Å². The van der Waals surface area contributed by atoms with Gasteiger partial charge in [0.05, 0.1) is 17.3 Å². The normalized spacial score (nSPS) is 11.3. The Kier molecular flexibility index (Phi) is 3.53. The molecular weight excluding hydrogens is 314 g/mol. The summed E-state index contributed by atoms with van der Waals surface area (Å²) in [7, 11) is 1.92. The second-order valence-electron chi connectivity index (χ2n) is 6.20. The molecule has 0 bridgehead atoms. The van der Waals surface area contributed by atoms with Crippen molar-refractivity contribution in [2.45, 2.75) is 20.3 Å². The van der Waals surface area contributed by atoms with Gasteiger partial charge in [0.2, 0.25) is 0 Å². The van der Waals surface area contributed by atoms with Crippen molar-refractivity contribution in [3.05, 3.63) is 64.2 Å². The predicted molar refractivity (Wildman–Crippen MR) is 99.6 cm³/mol. The van der Waals surface area contributed by atoms with E-state index in [2.05, 4.69) is 15.4 Å². The quantitative estimate of drug-likeness (QED) is 0.625. The van der Waals surface area contributed by atoms with Gasteiger partial charge in [-0.25, -0.2) is 4.98 Å². The highest BCUT2D eigenvalue weighted by atomic mass is 16.1. The van der Waals surface area contributed by atoms with Gasteiger partial charge in [0.25, 0.3) is 5.56 Å². The summed E-state index contributed by atoms with van der Waals surface area (Å²) >= 11 is 0. The second-order valence-corrected chi connectivity index (χ2v) is 6.20. The molecule has 0 aliphatic heterocycles. The van der Waals surface area contributed by atoms with Crippen molar-refractivity contribution in [1.82, 2.24) is 19.2 Å². The summed E-state index contributed by atoms with van der Waals surface area (Å²) in [6, 6.07) is 9.83. The molecule has 0 aliphatic carbocycles. The molecule has 0 saturated carbocycles. The number of nitrogens with zero attached hydrogens (tertiary/aromatic N) is 4. The molecule has 1 N–H and O–H groups in total. The first-order valence-electron chi connectivity index (χ1n) is 8.27. The van der Waals surface area contributed by atoms with Gasteiger partial charge in [-0.05, 0) is 49.2 Å². The van der Waals surface area contributed by atoms with Crippen LogP contribution >= 0.6 is 0 Å². The van der Waals surface area contributed by atoms with Gasteiger partial charge in [0, 0.05) is 24.3 Å². The number of aromatic nitrogens is 4. The van der Waals surface area contributed by atoms with E-state index in [1.165, 1.54) is 0 Å². The Morgan fingerprint density at radius 1 is 1.20 bits per heavy atom. The molecule has 0 amide bonds. The van der Waals surface area contributed by atoms with Gasteiger partial charge < -0.3 is 5.32 Å². The van der Waals surface area contributed by atoms with Crippen molar-refractivity contribution in [3.8, 4) is 0 Å². The Morgan fingerprint density at radius 2 is 2.04 bits per heavy atom. The summed E-state index contributed by atoms with van der Waals surface area (Å²) in [5.41, 5.74) is 4.30. The van der Waals surface area contributed by atoms with Crippen molar-refractivity contribution >= 4 is 28.1 Å². The first-order chi connectivity index (χ1) is 12.1. The fourth-order valence-electron chi connectivity index (χ4n) is 3.08. The highest BCUT2D eigenvalue weighted by Crippen LogP contribution is 2.23. The summed E-state index contributed by atoms with van der Waals surface area (Å²) in [5.74, 6) is 0.612. The smallest absolute Gasteiger partial charge is 0.263 e. The topological polar surface area (TPSA) is 64.2 Å². The van der Waals surface area contributed by atoms with E-state index in [0.29, 0.717) is 23.4 Å². The molecule has 3 aromatic heterocycles. The van der Waals surface area contributed by atoms with Crippen LogP contribution in [0, 0.1) is 6.92 Å². The predicted octanol–water partition coefficient (Wildman–Crippen LogP) is 3.20. The number of aryl methyl sites for hydroxylation is 2. The van der Waals surface area contributed by atoms with Crippen LogP contribution in [0.1, 0.15) is 18.1 Å². The third-order valence-corrected chi connectivity index (χ3v) is 4.44. The number of rotatable bonds is 3. The number of hydrogen-bond donors (Lipinski definition) is 1. The highest BCUT2D eigenvalue weighted by molar-refractivity contribution is 5.83. The average molecular weight is 333 g/mol. The fourth-order valence-corrected chi connectivity index (χ4v) is 3.08. The lowest BCUT2D eigenvalue weighted by Gasteiger charge is -2.12. The van der Waals surface area contributed by atoms with Crippen LogP contribution in [-0.2, 0) is 13.5 Å². The van der Waals surface area contributed by atoms with E-state index in [9.17, 15) is 4.79 Å². The van der Waals surface area contributed by atoms with Gasteiger partial charge in [0.1, 0.15) is 11.5 Å². The van der Waals surface area contributed by atoms with E-state index >= 15 is 0 Å². The minimum absolute atomic E-state index is 0.0301. The van der Waals surface area contributed by atoms with Gasteiger partial charge in [-0.1, -0.05) is 6.92 Å². The van der Waals surface area contributed by atoms with E-state index < -0.39 is 0 Å². The largest absolute Gasteiger partial charge is 0.340 e. The summed E-state index contributed by atoms with van der Waals surface area (Å²) in [4.78, 5) is 17.4. The van der Waals surface area contributed by atoms with E-state index in [4.69, 9.17) is 0 Å². The Morgan fingerprint density at radius 3 is 2.84 bits per heavy atom. The van der Waals surface area contributed by atoms with Crippen LogP contribution in [0.2, 0.25) is 0 Å². The van der Waals surface area contributed by atoms with Crippen molar-refractivity contribution in [2.75, 3.05) is 5.32 Å². The zero-order chi connectivity index (χ0) is 17.6. The van der Waals surface area contributed by atoms with E-state index in [1.807, 2.05) is 62.1 Å². The van der Waals surface area contributed by atoms with Gasteiger partial charge >= 0.3 is 0 Å². The van der Waals surface area contributed by atoms with Crippen molar-refractivity contribution < 1.29 is 0 Å². The molecule has 1 aromatic carbocycles. The van der Waals surface area contributed by atoms with Crippen LogP contribution in [0.25, 0.3) is 16.6 Å². The SMILES string of the molecule is CCc1c(Nc2ccc3c(cnn3C)c2)nc2cc(C)ccn2c1=O. The van der Waals surface area contributed by atoms with Crippen LogP contribution < -0.4 is 10.9 Å². The Balaban J connectivity index is 1.85. The first kappa shape index (κ1) is 15.4. The molecule has 0 fully saturated rings. The van der Waals surface area contributed by atoms with Crippen LogP contribution in [0.15, 0.2) is 47.5 Å². The van der Waals surface area contributed by atoms with Gasteiger partial charge in [-0.15, -0.1) is 0 Å². The molecule has 4 aromatic rings. The molecule has 4 rings (SSSR count). The number of hydrogen-bond acceptors (Lipinski definition) is 4. The monoisotopic (exact) mass is 333 g/mol. The van der Waals surface area contributed by atoms with Crippen LogP contribution in [0.4, 0.5) is 11.5 Å². The van der Waals surface area contributed by atoms with Gasteiger partial charge in [-0.2, -0.15) is 5.10 Å². The third-order valence-electron chi connectivity index (χ3n) is 4.44. The minimum atomic E-state index is -0.0301. The Labute approximate surface area is 144 Å². The molecule has 0 atom stereocenters. The molecule has 6 heteroatoms. The van der Waals surface area contributed by atoms with Crippen molar-refractivity contribution in [1.29, 1.82) is 0 Å². The molecule has 0 saturated heterocycles. The molecule has 0 radical (unpaired) electrons. The number of pyridine rings is 1. The summed E-state index contributed by atoms with van der Waals surface area (Å²) in [6.45, 7) is 3.96. The summed E-state index contributed by atoms with van der Waals surface area (Å²) in [5, 5.41) is 8.62. The lowest BCUT2D eigenvalue weighted by atomic mass is 10.2. The van der Waals surface area contributed by atoms with E-state index in [0.717, 1.165) is 22.2 Å². The molecule has 0 unspecified atom stereocenters. The lowest BCUT2D eigenvalue weighted by Crippen LogP contribution is -2.21. The Bertz CT molecular complexity index is 1160. The molecule has 0 aliphatic rings. The fraction of sp³-hybridized carbons (Fsp3) is 0.211. The molecule has 6 nitrogen and oxygen atoms in total. The van der Waals surface area contributed by atoms with Crippen molar-refractivity contribution in [2.24, 2.45) is 7.05 Å². The average Bonchev–Trinajstić information content (AvgIpc) is 2.95. The first-order valence-corrected chi connectivity index (χ1v) is 8.27. The van der Waals surface area contributed by atoms with Crippen LogP contribution in [0.5, 0.6) is 0 Å². The maximum Gasteiger partial charge on any atom is 0.263 e. The molecule has 3 heterocycles. The highest BCUT2D eigenvalue weighted by Gasteiger charge is 2.12. The Hall–Kier alpha value is -3.15. The van der Waals surface area contributed by atoms with Gasteiger partial charge in [-0.3, -0.25) is 13.9 Å². The molecule has 0 spiro atoms. The lowest BCUT2D eigenvalue weighted by molar-refractivity contribution is 0.797. The maximum atomic E-state index is 12.8. The number of benzene rings is 1. The summed E-state index contributed by atoms with van der Waals surface area (Å²) in [6.07, 6.45) is 4.22. The zero-order valence-electron chi connectivity index (χ0n) is 14.4. The second kappa shape index (κ2) is 5.73. The van der Waals surface area contributed by atoms with E-state index in [-0.39, 0.29) is 5.56 Å².